The Morgan fingerprint density at radius 2 is 2.00 bits per heavy atom. The molecule has 0 radical (unpaired) electrons. The summed E-state index contributed by atoms with van der Waals surface area (Å²) in [5.74, 6) is -1.33. The van der Waals surface area contributed by atoms with E-state index in [0.29, 0.717) is 13.0 Å². The maximum atomic E-state index is 12.7. The van der Waals surface area contributed by atoms with Crippen LogP contribution in [0.2, 0.25) is 0 Å². The van der Waals surface area contributed by atoms with E-state index in [9.17, 15) is 14.0 Å². The van der Waals surface area contributed by atoms with Gasteiger partial charge >= 0.3 is 5.97 Å². The first-order chi connectivity index (χ1) is 9.58. The van der Waals surface area contributed by atoms with E-state index in [-0.39, 0.29) is 17.6 Å². The van der Waals surface area contributed by atoms with E-state index in [1.165, 1.54) is 12.1 Å². The van der Waals surface area contributed by atoms with Crippen LogP contribution in [0.1, 0.15) is 12.8 Å². The van der Waals surface area contributed by atoms with Crippen LogP contribution >= 0.6 is 11.8 Å². The molecule has 1 fully saturated rings. The average molecular weight is 297 g/mol. The number of halogens is 1. The van der Waals surface area contributed by atoms with Gasteiger partial charge in [-0.05, 0) is 42.9 Å². The van der Waals surface area contributed by atoms with Crippen LogP contribution in [0.3, 0.4) is 0 Å². The van der Waals surface area contributed by atoms with Crippen LogP contribution in [-0.4, -0.2) is 29.3 Å². The van der Waals surface area contributed by atoms with Crippen LogP contribution in [0.25, 0.3) is 0 Å². The van der Waals surface area contributed by atoms with Gasteiger partial charge in [0.25, 0.3) is 0 Å². The van der Waals surface area contributed by atoms with Crippen molar-refractivity contribution in [3.8, 4) is 0 Å². The van der Waals surface area contributed by atoms with Gasteiger partial charge < -0.3 is 10.4 Å². The number of carbonyl (C=O) groups is 2. The number of thioether (sulfide) groups is 1. The molecular formula is C14H16FNO3S. The van der Waals surface area contributed by atoms with Crippen LogP contribution in [0.4, 0.5) is 4.39 Å². The molecule has 2 atom stereocenters. The molecular weight excluding hydrogens is 281 g/mol. The van der Waals surface area contributed by atoms with Crippen LogP contribution in [0, 0.1) is 17.7 Å². The zero-order valence-corrected chi connectivity index (χ0v) is 11.7. The molecule has 1 aromatic carbocycles. The van der Waals surface area contributed by atoms with Crippen molar-refractivity contribution in [2.45, 2.75) is 17.7 Å². The first kappa shape index (κ1) is 14.8. The number of amides is 1. The fourth-order valence-electron chi connectivity index (χ4n) is 1.89. The lowest BCUT2D eigenvalue weighted by Crippen LogP contribution is -2.27. The van der Waals surface area contributed by atoms with Gasteiger partial charge in [-0.2, -0.15) is 0 Å². The zero-order valence-electron chi connectivity index (χ0n) is 10.8. The Morgan fingerprint density at radius 3 is 2.60 bits per heavy atom. The second-order valence-corrected chi connectivity index (χ2v) is 5.90. The molecule has 0 spiro atoms. The number of carboxylic acids is 1. The van der Waals surface area contributed by atoms with E-state index >= 15 is 0 Å². The Labute approximate surface area is 120 Å². The maximum Gasteiger partial charge on any atom is 0.307 e. The first-order valence-electron chi connectivity index (χ1n) is 6.47. The topological polar surface area (TPSA) is 66.4 Å². The Hall–Kier alpha value is -1.56. The number of rotatable bonds is 7. The molecule has 20 heavy (non-hydrogen) atoms. The molecule has 2 N–H and O–H groups in total. The molecule has 108 valence electrons. The quantitative estimate of drug-likeness (QED) is 0.598. The third-order valence-electron chi connectivity index (χ3n) is 3.15. The lowest BCUT2D eigenvalue weighted by molar-refractivity contribution is -0.140. The summed E-state index contributed by atoms with van der Waals surface area (Å²) in [4.78, 5) is 23.2. The van der Waals surface area contributed by atoms with Crippen molar-refractivity contribution in [1.82, 2.24) is 5.32 Å². The first-order valence-corrected chi connectivity index (χ1v) is 7.45. The largest absolute Gasteiger partial charge is 0.481 e. The number of benzene rings is 1. The van der Waals surface area contributed by atoms with Crippen molar-refractivity contribution in [1.29, 1.82) is 0 Å². The molecule has 4 nitrogen and oxygen atoms in total. The Morgan fingerprint density at radius 1 is 1.30 bits per heavy atom. The molecule has 6 heteroatoms. The maximum absolute atomic E-state index is 12.7. The Balaban J connectivity index is 1.57. The minimum atomic E-state index is -0.892. The summed E-state index contributed by atoms with van der Waals surface area (Å²) in [5.41, 5.74) is 0. The zero-order chi connectivity index (χ0) is 14.5. The fraction of sp³-hybridized carbons (Fsp3) is 0.429. The second-order valence-electron chi connectivity index (χ2n) is 4.73. The van der Waals surface area contributed by atoms with Crippen molar-refractivity contribution in [3.05, 3.63) is 30.1 Å². The molecule has 2 unspecified atom stereocenters. The summed E-state index contributed by atoms with van der Waals surface area (Å²) in [7, 11) is 0. The normalized spacial score (nSPS) is 20.4. The minimum Gasteiger partial charge on any atom is -0.481 e. The van der Waals surface area contributed by atoms with Crippen molar-refractivity contribution >= 4 is 23.6 Å². The minimum absolute atomic E-state index is 0.163. The number of hydrogen-bond acceptors (Lipinski definition) is 3. The number of nitrogens with one attached hydrogen (secondary N) is 1. The lowest BCUT2D eigenvalue weighted by Gasteiger charge is -2.04. The van der Waals surface area contributed by atoms with Gasteiger partial charge in [-0.3, -0.25) is 9.59 Å². The van der Waals surface area contributed by atoms with Crippen LogP contribution in [0.15, 0.2) is 29.2 Å². The standard InChI is InChI=1S/C14H16FNO3S/c15-9-2-4-10(5-3-9)20-7-1-6-16-13(17)11-8-12(11)14(18)19/h2-5,11-12H,1,6-8H2,(H,16,17)(H,18,19). The highest BCUT2D eigenvalue weighted by Gasteiger charge is 2.48. The predicted molar refractivity (Wildman–Crippen MR) is 74.0 cm³/mol. The number of hydrogen-bond donors (Lipinski definition) is 2. The van der Waals surface area contributed by atoms with Gasteiger partial charge in [0.2, 0.25) is 5.91 Å². The highest BCUT2D eigenvalue weighted by molar-refractivity contribution is 7.99. The molecule has 1 aliphatic carbocycles. The summed E-state index contributed by atoms with van der Waals surface area (Å²) in [6.07, 6.45) is 1.24. The summed E-state index contributed by atoms with van der Waals surface area (Å²) in [6, 6.07) is 6.28. The lowest BCUT2D eigenvalue weighted by atomic mass is 10.3. The van der Waals surface area contributed by atoms with Gasteiger partial charge in [-0.1, -0.05) is 0 Å². The monoisotopic (exact) mass is 297 g/mol. The number of carbonyl (C=O) groups excluding carboxylic acids is 1. The van der Waals surface area contributed by atoms with Gasteiger partial charge in [0.05, 0.1) is 11.8 Å². The molecule has 1 amide bonds. The van der Waals surface area contributed by atoms with E-state index in [2.05, 4.69) is 5.32 Å². The highest BCUT2D eigenvalue weighted by atomic mass is 32.2. The summed E-state index contributed by atoms with van der Waals surface area (Å²) >= 11 is 1.60. The predicted octanol–water partition coefficient (Wildman–Crippen LogP) is 2.14. The molecule has 1 saturated carbocycles. The third-order valence-corrected chi connectivity index (χ3v) is 4.25. The molecule has 2 rings (SSSR count). The van der Waals surface area contributed by atoms with Crippen LogP contribution < -0.4 is 5.32 Å². The number of carboxylic acid groups (broad SMARTS) is 1. The molecule has 1 aromatic rings. The molecule has 1 aliphatic rings. The van der Waals surface area contributed by atoms with Crippen LogP contribution in [-0.2, 0) is 9.59 Å². The van der Waals surface area contributed by atoms with Gasteiger partial charge in [0.1, 0.15) is 5.82 Å². The van der Waals surface area contributed by atoms with Crippen molar-refractivity contribution in [3.63, 3.8) is 0 Å². The summed E-state index contributed by atoms with van der Waals surface area (Å²) in [6.45, 7) is 0.538. The van der Waals surface area contributed by atoms with Gasteiger partial charge in [-0.25, -0.2) is 4.39 Å². The number of aliphatic carboxylic acids is 1. The Kier molecular flexibility index (Phi) is 5.00. The average Bonchev–Trinajstić information content (AvgIpc) is 3.21. The van der Waals surface area contributed by atoms with Gasteiger partial charge in [0.15, 0.2) is 0 Å². The molecule has 0 bridgehead atoms. The van der Waals surface area contributed by atoms with Crippen molar-refractivity contribution in [2.75, 3.05) is 12.3 Å². The SMILES string of the molecule is O=C(O)C1CC1C(=O)NCCCSc1ccc(F)cc1. The summed E-state index contributed by atoms with van der Waals surface area (Å²) in [5, 5.41) is 11.5. The highest BCUT2D eigenvalue weighted by Crippen LogP contribution is 2.38. The molecule has 0 heterocycles. The third kappa shape index (κ3) is 4.23. The smallest absolute Gasteiger partial charge is 0.307 e. The second kappa shape index (κ2) is 6.74. The molecule has 0 aliphatic heterocycles. The van der Waals surface area contributed by atoms with Gasteiger partial charge in [-0.15, -0.1) is 11.8 Å². The summed E-state index contributed by atoms with van der Waals surface area (Å²) < 4.78 is 12.7. The van der Waals surface area contributed by atoms with E-state index < -0.39 is 11.9 Å². The van der Waals surface area contributed by atoms with E-state index in [4.69, 9.17) is 5.11 Å². The fourth-order valence-corrected chi connectivity index (χ4v) is 2.75. The van der Waals surface area contributed by atoms with Crippen molar-refractivity contribution in [2.24, 2.45) is 11.8 Å². The van der Waals surface area contributed by atoms with Crippen molar-refractivity contribution < 1.29 is 19.1 Å². The van der Waals surface area contributed by atoms with Gasteiger partial charge in [0, 0.05) is 11.4 Å². The van der Waals surface area contributed by atoms with E-state index in [1.807, 2.05) is 0 Å². The van der Waals surface area contributed by atoms with E-state index in [0.717, 1.165) is 17.1 Å². The Bertz CT molecular complexity index is 492. The van der Waals surface area contributed by atoms with E-state index in [1.54, 1.807) is 23.9 Å². The molecule has 0 saturated heterocycles. The molecule has 0 aromatic heterocycles. The van der Waals surface area contributed by atoms with Crippen LogP contribution in [0.5, 0.6) is 0 Å².